The number of hydrogen-bond donors (Lipinski definition) is 1. The van der Waals surface area contributed by atoms with Gasteiger partial charge in [-0.3, -0.25) is 9.59 Å². The highest BCUT2D eigenvalue weighted by atomic mass is 19.4. The normalized spacial score (nSPS) is 11.1. The van der Waals surface area contributed by atoms with E-state index in [4.69, 9.17) is 14.2 Å². The van der Waals surface area contributed by atoms with Crippen molar-refractivity contribution in [1.82, 2.24) is 0 Å². The van der Waals surface area contributed by atoms with Crippen LogP contribution in [0.5, 0.6) is 5.75 Å². The van der Waals surface area contributed by atoms with E-state index in [1.54, 1.807) is 0 Å². The average molecular weight is 429 g/mol. The third-order valence-electron chi connectivity index (χ3n) is 3.73. The fraction of sp³-hybridized carbons (Fsp3) is 0.300. The molecule has 10 heteroatoms. The zero-order valence-corrected chi connectivity index (χ0v) is 15.9. The van der Waals surface area contributed by atoms with Gasteiger partial charge in [-0.15, -0.1) is 0 Å². The molecule has 30 heavy (non-hydrogen) atoms. The van der Waals surface area contributed by atoms with Gasteiger partial charge < -0.3 is 19.5 Å². The highest BCUT2D eigenvalue weighted by molar-refractivity contribution is 5.94. The summed E-state index contributed by atoms with van der Waals surface area (Å²) in [5.74, 6) is -2.18. The summed E-state index contributed by atoms with van der Waals surface area (Å²) < 4.78 is 66.9. The first-order chi connectivity index (χ1) is 14.2. The van der Waals surface area contributed by atoms with E-state index in [1.165, 1.54) is 25.3 Å². The molecule has 0 aliphatic heterocycles. The van der Waals surface area contributed by atoms with E-state index in [9.17, 15) is 27.2 Å². The lowest BCUT2D eigenvalue weighted by Crippen LogP contribution is -2.22. The average Bonchev–Trinajstić information content (AvgIpc) is 2.67. The summed E-state index contributed by atoms with van der Waals surface area (Å²) in [7, 11) is 1.43. The number of halogens is 4. The Balaban J connectivity index is 2.00. The topological polar surface area (TPSA) is 73.9 Å². The number of carbonyl (C=O) groups excluding carboxylic acids is 2. The number of alkyl halides is 3. The van der Waals surface area contributed by atoms with Crippen LogP contribution in [0.25, 0.3) is 0 Å². The summed E-state index contributed by atoms with van der Waals surface area (Å²) in [6.07, 6.45) is -4.89. The third kappa shape index (κ3) is 7.36. The number of amides is 1. The van der Waals surface area contributed by atoms with Crippen LogP contribution in [0.15, 0.2) is 42.5 Å². The van der Waals surface area contributed by atoms with Crippen molar-refractivity contribution >= 4 is 17.6 Å². The van der Waals surface area contributed by atoms with Crippen molar-refractivity contribution in [2.24, 2.45) is 0 Å². The third-order valence-corrected chi connectivity index (χ3v) is 3.73. The lowest BCUT2D eigenvalue weighted by Gasteiger charge is -2.15. The number of methoxy groups -OCH3 is 1. The fourth-order valence-electron chi connectivity index (χ4n) is 2.36. The number of ether oxygens (including phenoxy) is 3. The highest BCUT2D eigenvalue weighted by Crippen LogP contribution is 2.35. The molecule has 1 N–H and O–H groups in total. The van der Waals surface area contributed by atoms with E-state index in [0.29, 0.717) is 11.6 Å². The Morgan fingerprint density at radius 1 is 1.07 bits per heavy atom. The van der Waals surface area contributed by atoms with Gasteiger partial charge in [-0.05, 0) is 35.9 Å². The Kier molecular flexibility index (Phi) is 8.16. The number of nitrogens with one attached hydrogen (secondary N) is 1. The quantitative estimate of drug-likeness (QED) is 0.375. The lowest BCUT2D eigenvalue weighted by atomic mass is 10.1. The Morgan fingerprint density at radius 3 is 2.50 bits per heavy atom. The van der Waals surface area contributed by atoms with Crippen molar-refractivity contribution in [1.29, 1.82) is 0 Å². The smallest absolute Gasteiger partial charge is 0.416 e. The number of anilines is 1. The summed E-state index contributed by atoms with van der Waals surface area (Å²) in [5, 5.41) is 2.24. The van der Waals surface area contributed by atoms with Crippen molar-refractivity contribution < 1.29 is 41.4 Å². The molecule has 162 valence electrons. The van der Waals surface area contributed by atoms with Crippen LogP contribution in [0.3, 0.4) is 0 Å². The molecule has 0 unspecified atom stereocenters. The second-order valence-corrected chi connectivity index (χ2v) is 6.07. The first-order valence-corrected chi connectivity index (χ1v) is 8.72. The van der Waals surface area contributed by atoms with Gasteiger partial charge in [-0.25, -0.2) is 4.39 Å². The lowest BCUT2D eigenvalue weighted by molar-refractivity contribution is -0.146. The minimum atomic E-state index is -4.62. The maximum absolute atomic E-state index is 13.1. The van der Waals surface area contributed by atoms with Gasteiger partial charge in [-0.1, -0.05) is 12.1 Å². The van der Waals surface area contributed by atoms with Gasteiger partial charge in [-0.2, -0.15) is 13.2 Å². The molecule has 2 aromatic carbocycles. The number of carbonyl (C=O) groups is 2. The van der Waals surface area contributed by atoms with E-state index in [-0.39, 0.29) is 31.1 Å². The van der Waals surface area contributed by atoms with E-state index < -0.39 is 36.0 Å². The summed E-state index contributed by atoms with van der Waals surface area (Å²) >= 11 is 0. The number of rotatable bonds is 9. The van der Waals surface area contributed by atoms with Gasteiger partial charge in [0.15, 0.2) is 6.61 Å². The van der Waals surface area contributed by atoms with Gasteiger partial charge in [0.25, 0.3) is 5.91 Å². The Hall–Kier alpha value is -3.14. The van der Waals surface area contributed by atoms with Crippen LogP contribution in [0, 0.1) is 5.82 Å². The van der Waals surface area contributed by atoms with Gasteiger partial charge in [0.05, 0.1) is 24.3 Å². The second-order valence-electron chi connectivity index (χ2n) is 6.07. The molecule has 0 radical (unpaired) electrons. The molecule has 0 bridgehead atoms. The Bertz CT molecular complexity index is 886. The summed E-state index contributed by atoms with van der Waals surface area (Å²) in [6, 6.07) is 7.90. The maximum atomic E-state index is 13.1. The predicted molar refractivity (Wildman–Crippen MR) is 98.5 cm³/mol. The molecule has 0 saturated heterocycles. The molecule has 6 nitrogen and oxygen atoms in total. The standard InChI is InChI=1S/C20H19F4NO5/c1-28-7-8-29-17-6-5-14(20(22,23)24)11-16(17)25-18(26)12-30-19(27)10-13-3-2-4-15(21)9-13/h2-6,9,11H,7-8,10,12H2,1H3,(H,25,26). The molecule has 0 fully saturated rings. The zero-order chi connectivity index (χ0) is 22.1. The number of benzene rings is 2. The van der Waals surface area contributed by atoms with Crippen LogP contribution in [0.4, 0.5) is 23.2 Å². The Labute approximate surface area is 169 Å². The molecule has 0 aromatic heterocycles. The van der Waals surface area contributed by atoms with Crippen LogP contribution >= 0.6 is 0 Å². The van der Waals surface area contributed by atoms with Crippen LogP contribution < -0.4 is 10.1 Å². The molecule has 2 rings (SSSR count). The van der Waals surface area contributed by atoms with Crippen LogP contribution in [-0.4, -0.2) is 38.8 Å². The van der Waals surface area contributed by atoms with E-state index >= 15 is 0 Å². The number of esters is 1. The molecular formula is C20H19F4NO5. The van der Waals surface area contributed by atoms with Crippen molar-refractivity contribution in [2.45, 2.75) is 12.6 Å². The second kappa shape index (κ2) is 10.6. The first-order valence-electron chi connectivity index (χ1n) is 8.72. The van der Waals surface area contributed by atoms with Gasteiger partial charge in [0.2, 0.25) is 0 Å². The van der Waals surface area contributed by atoms with Gasteiger partial charge in [0.1, 0.15) is 18.2 Å². The van der Waals surface area contributed by atoms with Crippen molar-refractivity contribution in [3.8, 4) is 5.75 Å². The molecule has 0 heterocycles. The molecular weight excluding hydrogens is 410 g/mol. The molecule has 0 aliphatic carbocycles. The molecule has 2 aromatic rings. The molecule has 0 spiro atoms. The highest BCUT2D eigenvalue weighted by Gasteiger charge is 2.31. The largest absolute Gasteiger partial charge is 0.489 e. The van der Waals surface area contributed by atoms with E-state index in [1.807, 2.05) is 0 Å². The van der Waals surface area contributed by atoms with Gasteiger partial charge >= 0.3 is 12.1 Å². The number of hydrogen-bond acceptors (Lipinski definition) is 5. The fourth-order valence-corrected chi connectivity index (χ4v) is 2.36. The van der Waals surface area contributed by atoms with Crippen molar-refractivity contribution in [2.75, 3.05) is 32.2 Å². The SMILES string of the molecule is COCCOc1ccc(C(F)(F)F)cc1NC(=O)COC(=O)Cc1cccc(F)c1. The van der Waals surface area contributed by atoms with E-state index in [2.05, 4.69) is 5.32 Å². The molecule has 0 aliphatic rings. The summed E-state index contributed by atoms with van der Waals surface area (Å²) in [4.78, 5) is 23.9. The summed E-state index contributed by atoms with van der Waals surface area (Å²) in [5.41, 5.74) is -0.862. The van der Waals surface area contributed by atoms with Gasteiger partial charge in [0, 0.05) is 7.11 Å². The monoisotopic (exact) mass is 429 g/mol. The maximum Gasteiger partial charge on any atom is 0.416 e. The minimum Gasteiger partial charge on any atom is -0.489 e. The van der Waals surface area contributed by atoms with Crippen molar-refractivity contribution in [3.05, 3.63) is 59.4 Å². The Morgan fingerprint density at radius 2 is 1.83 bits per heavy atom. The molecule has 1 amide bonds. The zero-order valence-electron chi connectivity index (χ0n) is 15.9. The van der Waals surface area contributed by atoms with Crippen LogP contribution in [0.1, 0.15) is 11.1 Å². The molecule has 0 saturated carbocycles. The van der Waals surface area contributed by atoms with Crippen molar-refractivity contribution in [3.63, 3.8) is 0 Å². The van der Waals surface area contributed by atoms with E-state index in [0.717, 1.165) is 18.2 Å². The molecule has 0 atom stereocenters. The minimum absolute atomic E-state index is 0.000475. The predicted octanol–water partition coefficient (Wildman–Crippen LogP) is 3.59. The first kappa shape index (κ1) is 23.1. The van der Waals surface area contributed by atoms with Crippen LogP contribution in [0.2, 0.25) is 0 Å². The summed E-state index contributed by atoms with van der Waals surface area (Å²) in [6.45, 7) is -0.499. The van der Waals surface area contributed by atoms with Crippen LogP contribution in [-0.2, 0) is 31.7 Å².